The van der Waals surface area contributed by atoms with Crippen molar-refractivity contribution in [1.82, 2.24) is 5.32 Å². The molecule has 1 aromatic rings. The van der Waals surface area contributed by atoms with Gasteiger partial charge >= 0.3 is 0 Å². The fourth-order valence-corrected chi connectivity index (χ4v) is 1.77. The summed E-state index contributed by atoms with van der Waals surface area (Å²) in [5, 5.41) is 20.3. The third kappa shape index (κ3) is 3.18. The molecular weight excluding hydrogens is 194 g/mol. The van der Waals surface area contributed by atoms with Gasteiger partial charge < -0.3 is 5.32 Å². The van der Waals surface area contributed by atoms with Gasteiger partial charge in [0.1, 0.15) is 10.9 Å². The molecule has 0 bridgehead atoms. The summed E-state index contributed by atoms with van der Waals surface area (Å²) in [7, 11) is 0. The lowest BCUT2D eigenvalue weighted by Gasteiger charge is -2.07. The zero-order valence-corrected chi connectivity index (χ0v) is 8.77. The lowest BCUT2D eigenvalue weighted by molar-refractivity contribution is 0.561. The van der Waals surface area contributed by atoms with E-state index in [9.17, 15) is 0 Å². The van der Waals surface area contributed by atoms with Crippen LogP contribution in [0.2, 0.25) is 0 Å². The van der Waals surface area contributed by atoms with Gasteiger partial charge in [-0.15, -0.1) is 11.3 Å². The highest BCUT2D eigenvalue weighted by molar-refractivity contribution is 7.12. The minimum Gasteiger partial charge on any atom is -0.308 e. The van der Waals surface area contributed by atoms with Crippen LogP contribution in [0, 0.1) is 22.7 Å². The summed E-state index contributed by atoms with van der Waals surface area (Å²) in [6, 6.07) is 8.16. The smallest absolute Gasteiger partial charge is 0.110 e. The molecule has 1 atom stereocenters. The van der Waals surface area contributed by atoms with E-state index in [2.05, 4.69) is 17.5 Å². The molecule has 0 aromatic carbocycles. The van der Waals surface area contributed by atoms with Crippen molar-refractivity contribution in [3.63, 3.8) is 0 Å². The van der Waals surface area contributed by atoms with Crippen LogP contribution in [-0.4, -0.2) is 6.04 Å². The highest BCUT2D eigenvalue weighted by atomic mass is 32.1. The van der Waals surface area contributed by atoms with E-state index < -0.39 is 0 Å². The highest BCUT2D eigenvalue weighted by Crippen LogP contribution is 2.14. The van der Waals surface area contributed by atoms with Crippen LogP contribution in [0.25, 0.3) is 0 Å². The average Bonchev–Trinajstić information content (AvgIpc) is 2.63. The van der Waals surface area contributed by atoms with Crippen molar-refractivity contribution < 1.29 is 0 Å². The Labute approximate surface area is 87.6 Å². The van der Waals surface area contributed by atoms with E-state index in [4.69, 9.17) is 10.5 Å². The molecule has 0 spiro atoms. The Hall–Kier alpha value is -1.36. The molecular formula is C10H11N3S. The molecule has 0 aliphatic heterocycles. The molecule has 4 heteroatoms. The molecule has 0 aliphatic carbocycles. The van der Waals surface area contributed by atoms with Gasteiger partial charge in [0.05, 0.1) is 12.5 Å². The third-order valence-corrected chi connectivity index (χ3v) is 2.78. The quantitative estimate of drug-likeness (QED) is 0.818. The van der Waals surface area contributed by atoms with E-state index >= 15 is 0 Å². The molecule has 1 heterocycles. The highest BCUT2D eigenvalue weighted by Gasteiger charge is 2.02. The van der Waals surface area contributed by atoms with Gasteiger partial charge in [-0.05, 0) is 19.1 Å². The van der Waals surface area contributed by atoms with Crippen LogP contribution in [0.4, 0.5) is 0 Å². The second kappa shape index (κ2) is 5.39. The summed E-state index contributed by atoms with van der Waals surface area (Å²) in [6.45, 7) is 2.71. The van der Waals surface area contributed by atoms with Crippen molar-refractivity contribution in [2.45, 2.75) is 25.9 Å². The second-order valence-corrected chi connectivity index (χ2v) is 4.19. The Kier molecular flexibility index (Phi) is 4.12. The first-order valence-electron chi connectivity index (χ1n) is 4.35. The molecule has 3 nitrogen and oxygen atoms in total. The van der Waals surface area contributed by atoms with E-state index in [-0.39, 0.29) is 6.04 Å². The predicted molar refractivity (Wildman–Crippen MR) is 55.6 cm³/mol. The van der Waals surface area contributed by atoms with Gasteiger partial charge in [0, 0.05) is 17.5 Å². The summed E-state index contributed by atoms with van der Waals surface area (Å²) in [5.74, 6) is 0. The molecule has 0 saturated carbocycles. The minimum absolute atomic E-state index is 0.202. The van der Waals surface area contributed by atoms with Crippen LogP contribution in [0.5, 0.6) is 0 Å². The van der Waals surface area contributed by atoms with Crippen molar-refractivity contribution in [3.05, 3.63) is 21.9 Å². The van der Waals surface area contributed by atoms with Gasteiger partial charge in [0.25, 0.3) is 0 Å². The number of nitrogens with one attached hydrogen (secondary N) is 1. The van der Waals surface area contributed by atoms with Crippen molar-refractivity contribution in [3.8, 4) is 12.1 Å². The van der Waals surface area contributed by atoms with E-state index in [1.807, 2.05) is 19.1 Å². The van der Waals surface area contributed by atoms with Gasteiger partial charge in [-0.25, -0.2) is 0 Å². The van der Waals surface area contributed by atoms with Crippen LogP contribution in [0.1, 0.15) is 23.1 Å². The molecule has 1 aromatic heterocycles. The summed E-state index contributed by atoms with van der Waals surface area (Å²) < 4.78 is 0. The predicted octanol–water partition coefficient (Wildman–Crippen LogP) is 2.01. The molecule has 0 radical (unpaired) electrons. The molecule has 0 aliphatic rings. The first-order chi connectivity index (χ1) is 6.76. The Morgan fingerprint density at radius 2 is 2.29 bits per heavy atom. The van der Waals surface area contributed by atoms with E-state index in [1.54, 1.807) is 0 Å². The summed E-state index contributed by atoms with van der Waals surface area (Å²) in [4.78, 5) is 1.86. The van der Waals surface area contributed by atoms with Crippen LogP contribution >= 0.6 is 11.3 Å². The average molecular weight is 205 g/mol. The van der Waals surface area contributed by atoms with Crippen LogP contribution in [-0.2, 0) is 6.54 Å². The Balaban J connectivity index is 2.39. The van der Waals surface area contributed by atoms with Crippen molar-refractivity contribution in [2.24, 2.45) is 0 Å². The number of rotatable bonds is 4. The number of thiophene rings is 1. The maximum absolute atomic E-state index is 8.61. The number of nitrogens with zero attached hydrogens (tertiary/aromatic N) is 2. The molecule has 72 valence electrons. The monoisotopic (exact) mass is 205 g/mol. The van der Waals surface area contributed by atoms with Gasteiger partial charge in [-0.1, -0.05) is 0 Å². The maximum atomic E-state index is 8.61. The van der Waals surface area contributed by atoms with E-state index in [1.165, 1.54) is 11.3 Å². The Bertz CT molecular complexity index is 369. The normalized spacial score (nSPS) is 11.6. The standard InChI is InChI=1S/C10H11N3S/c1-8(4-5-11)13-7-10-3-2-9(6-12)14-10/h2-3,8,13H,4,7H2,1H3. The third-order valence-electron chi connectivity index (χ3n) is 1.79. The fourth-order valence-electron chi connectivity index (χ4n) is 1.02. The summed E-state index contributed by atoms with van der Waals surface area (Å²) >= 11 is 1.49. The second-order valence-electron chi connectivity index (χ2n) is 3.02. The summed E-state index contributed by atoms with van der Waals surface area (Å²) in [5.41, 5.74) is 0. The van der Waals surface area contributed by atoms with Crippen molar-refractivity contribution in [1.29, 1.82) is 10.5 Å². The van der Waals surface area contributed by atoms with E-state index in [0.29, 0.717) is 6.42 Å². The van der Waals surface area contributed by atoms with Crippen LogP contribution in [0.3, 0.4) is 0 Å². The lowest BCUT2D eigenvalue weighted by Crippen LogP contribution is -2.24. The number of hydrogen-bond donors (Lipinski definition) is 1. The number of nitriles is 2. The fraction of sp³-hybridized carbons (Fsp3) is 0.400. The zero-order chi connectivity index (χ0) is 10.4. The van der Waals surface area contributed by atoms with Gasteiger partial charge in [0.2, 0.25) is 0 Å². The number of hydrogen-bond acceptors (Lipinski definition) is 4. The minimum atomic E-state index is 0.202. The van der Waals surface area contributed by atoms with Crippen molar-refractivity contribution in [2.75, 3.05) is 0 Å². The van der Waals surface area contributed by atoms with Gasteiger partial charge in [-0.2, -0.15) is 10.5 Å². The zero-order valence-electron chi connectivity index (χ0n) is 7.95. The van der Waals surface area contributed by atoms with E-state index in [0.717, 1.165) is 16.3 Å². The summed E-state index contributed by atoms with van der Waals surface area (Å²) in [6.07, 6.45) is 0.510. The first kappa shape index (κ1) is 10.7. The molecule has 14 heavy (non-hydrogen) atoms. The Morgan fingerprint density at radius 3 is 2.86 bits per heavy atom. The largest absolute Gasteiger partial charge is 0.308 e. The molecule has 0 fully saturated rings. The van der Waals surface area contributed by atoms with Crippen LogP contribution < -0.4 is 5.32 Å². The Morgan fingerprint density at radius 1 is 1.50 bits per heavy atom. The van der Waals surface area contributed by atoms with Gasteiger partial charge in [-0.3, -0.25) is 0 Å². The van der Waals surface area contributed by atoms with Gasteiger partial charge in [0.15, 0.2) is 0 Å². The topological polar surface area (TPSA) is 59.6 Å². The SMILES string of the molecule is CC(CC#N)NCc1ccc(C#N)s1. The molecule has 0 saturated heterocycles. The molecule has 1 N–H and O–H groups in total. The van der Waals surface area contributed by atoms with Crippen LogP contribution in [0.15, 0.2) is 12.1 Å². The lowest BCUT2D eigenvalue weighted by atomic mass is 10.2. The first-order valence-corrected chi connectivity index (χ1v) is 5.17. The maximum Gasteiger partial charge on any atom is 0.110 e. The van der Waals surface area contributed by atoms with Crippen molar-refractivity contribution >= 4 is 11.3 Å². The molecule has 1 rings (SSSR count). The molecule has 0 amide bonds. The molecule has 1 unspecified atom stereocenters.